The van der Waals surface area contributed by atoms with E-state index < -0.39 is 0 Å². The van der Waals surface area contributed by atoms with Gasteiger partial charge in [-0.2, -0.15) is 0 Å². The largest absolute Gasteiger partial charge is 0.507 e. The molecule has 0 spiro atoms. The average Bonchev–Trinajstić information content (AvgIpc) is 3.64. The summed E-state index contributed by atoms with van der Waals surface area (Å²) in [5.74, 6) is 0.904. The summed E-state index contributed by atoms with van der Waals surface area (Å²) in [6.07, 6.45) is 1.82. The first kappa shape index (κ1) is 28.9. The summed E-state index contributed by atoms with van der Waals surface area (Å²) in [4.78, 5) is 10.0. The summed E-state index contributed by atoms with van der Waals surface area (Å²) in [5.41, 5.74) is 14.2. The average molecular weight is 632 g/mol. The zero-order valence-electron chi connectivity index (χ0n) is 27.3. The Labute approximate surface area is 285 Å². The highest BCUT2D eigenvalue weighted by Crippen LogP contribution is 2.52. The van der Waals surface area contributed by atoms with Crippen LogP contribution in [0.25, 0.3) is 72.7 Å². The van der Waals surface area contributed by atoms with Crippen LogP contribution in [0.1, 0.15) is 25.0 Å². The van der Waals surface area contributed by atoms with E-state index in [0.29, 0.717) is 11.4 Å². The van der Waals surface area contributed by atoms with Crippen LogP contribution in [0.4, 0.5) is 0 Å². The number of hydrogen-bond donors (Lipinski definition) is 1. The minimum absolute atomic E-state index is 0.215. The minimum atomic E-state index is -0.228. The van der Waals surface area contributed by atoms with Crippen molar-refractivity contribution in [3.8, 4) is 67.5 Å². The fourth-order valence-electron chi connectivity index (χ4n) is 7.58. The number of nitrogens with zero attached hydrogens (tertiary/aromatic N) is 3. The van der Waals surface area contributed by atoms with E-state index in [1.54, 1.807) is 0 Å². The van der Waals surface area contributed by atoms with E-state index in [0.717, 1.165) is 61.4 Å². The Bertz CT molecular complexity index is 2530. The zero-order valence-corrected chi connectivity index (χ0v) is 27.3. The molecule has 0 fully saturated rings. The maximum atomic E-state index is 11.9. The molecular weight excluding hydrogens is 599 g/mol. The van der Waals surface area contributed by atoms with Gasteiger partial charge < -0.3 is 5.11 Å². The second-order valence-corrected chi connectivity index (χ2v) is 13.2. The third kappa shape index (κ3) is 4.60. The Kier molecular flexibility index (Phi) is 6.60. The van der Waals surface area contributed by atoms with E-state index in [2.05, 4.69) is 145 Å². The molecule has 0 bridgehead atoms. The van der Waals surface area contributed by atoms with Crippen molar-refractivity contribution in [1.29, 1.82) is 0 Å². The first-order chi connectivity index (χ1) is 24.0. The number of benzene rings is 6. The van der Waals surface area contributed by atoms with Gasteiger partial charge in [-0.1, -0.05) is 123 Å². The first-order valence-electron chi connectivity index (χ1n) is 16.6. The maximum Gasteiger partial charge on any atom is 0.149 e. The molecule has 0 unspecified atom stereocenters. The molecule has 1 aliphatic rings. The number of phenolic OH excluding ortho intramolecular Hbond substituents is 1. The van der Waals surface area contributed by atoms with Crippen LogP contribution in [-0.4, -0.2) is 19.6 Å². The van der Waals surface area contributed by atoms with Crippen molar-refractivity contribution in [3.63, 3.8) is 0 Å². The van der Waals surface area contributed by atoms with Crippen LogP contribution in [0.2, 0.25) is 0 Å². The lowest BCUT2D eigenvalue weighted by Crippen LogP contribution is -2.14. The summed E-state index contributed by atoms with van der Waals surface area (Å²) in [7, 11) is 0. The molecule has 1 aliphatic carbocycles. The van der Waals surface area contributed by atoms with Crippen LogP contribution in [-0.2, 0) is 5.41 Å². The van der Waals surface area contributed by atoms with Gasteiger partial charge in [-0.05, 0) is 75.8 Å². The molecule has 0 atom stereocenters. The molecule has 0 saturated heterocycles. The normalized spacial score (nSPS) is 12.9. The Morgan fingerprint density at radius 3 is 2.06 bits per heavy atom. The van der Waals surface area contributed by atoms with Crippen LogP contribution < -0.4 is 0 Å². The van der Waals surface area contributed by atoms with E-state index in [1.165, 1.54) is 11.1 Å². The molecule has 1 N–H and O–H groups in total. The van der Waals surface area contributed by atoms with Gasteiger partial charge in [-0.15, -0.1) is 0 Å². The van der Waals surface area contributed by atoms with Crippen LogP contribution in [0, 0.1) is 0 Å². The van der Waals surface area contributed by atoms with Crippen LogP contribution >= 0.6 is 0 Å². The third-order valence-electron chi connectivity index (χ3n) is 9.99. The highest BCUT2D eigenvalue weighted by molar-refractivity contribution is 5.98. The van der Waals surface area contributed by atoms with Gasteiger partial charge in [-0.3, -0.25) is 9.55 Å². The molecule has 0 radical (unpaired) electrons. The van der Waals surface area contributed by atoms with Crippen molar-refractivity contribution >= 4 is 11.0 Å². The highest BCUT2D eigenvalue weighted by atomic mass is 16.3. The zero-order chi connectivity index (χ0) is 33.1. The molecule has 4 nitrogen and oxygen atoms in total. The summed E-state index contributed by atoms with van der Waals surface area (Å²) < 4.78 is 2.22. The molecule has 0 aliphatic heterocycles. The lowest BCUT2D eigenvalue weighted by molar-refractivity contribution is 0.474. The number of phenols is 1. The van der Waals surface area contributed by atoms with Crippen molar-refractivity contribution in [2.45, 2.75) is 19.3 Å². The van der Waals surface area contributed by atoms with Crippen molar-refractivity contribution in [1.82, 2.24) is 14.5 Å². The van der Waals surface area contributed by atoms with Gasteiger partial charge in [0.1, 0.15) is 11.6 Å². The van der Waals surface area contributed by atoms with E-state index in [-0.39, 0.29) is 11.2 Å². The van der Waals surface area contributed by atoms with Gasteiger partial charge >= 0.3 is 0 Å². The van der Waals surface area contributed by atoms with Crippen molar-refractivity contribution in [2.75, 3.05) is 0 Å². The van der Waals surface area contributed by atoms with Gasteiger partial charge in [0, 0.05) is 28.3 Å². The second kappa shape index (κ2) is 11.2. The van der Waals surface area contributed by atoms with Crippen molar-refractivity contribution < 1.29 is 5.11 Å². The molecule has 8 aromatic rings. The van der Waals surface area contributed by atoms with Gasteiger partial charge in [0.05, 0.1) is 28.0 Å². The quantitative estimate of drug-likeness (QED) is 0.206. The molecule has 234 valence electrons. The molecular formula is C45H33N3O. The summed E-state index contributed by atoms with van der Waals surface area (Å²) in [5, 5.41) is 11.9. The molecule has 4 heteroatoms. The number of rotatable bonds is 5. The Balaban J connectivity index is 1.33. The van der Waals surface area contributed by atoms with E-state index in [4.69, 9.17) is 4.98 Å². The second-order valence-electron chi connectivity index (χ2n) is 13.2. The first-order valence-corrected chi connectivity index (χ1v) is 16.6. The monoisotopic (exact) mass is 631 g/mol. The number of aromatic hydroxyl groups is 1. The smallest absolute Gasteiger partial charge is 0.149 e. The van der Waals surface area contributed by atoms with Crippen LogP contribution in [0.15, 0.2) is 158 Å². The topological polar surface area (TPSA) is 50.9 Å². The summed E-state index contributed by atoms with van der Waals surface area (Å²) in [6, 6.07) is 52.4. The van der Waals surface area contributed by atoms with E-state index in [9.17, 15) is 5.11 Å². The summed E-state index contributed by atoms with van der Waals surface area (Å²) in [6.45, 7) is 4.46. The number of para-hydroxylation sites is 2. The number of hydrogen-bond acceptors (Lipinski definition) is 3. The molecule has 2 heterocycles. The van der Waals surface area contributed by atoms with Gasteiger partial charge in [0.25, 0.3) is 0 Å². The molecule has 6 aromatic carbocycles. The van der Waals surface area contributed by atoms with Gasteiger partial charge in [0.15, 0.2) is 0 Å². The Morgan fingerprint density at radius 1 is 0.531 bits per heavy atom. The Hall–Kier alpha value is -6.26. The van der Waals surface area contributed by atoms with E-state index in [1.807, 2.05) is 36.5 Å². The molecule has 2 aromatic heterocycles. The van der Waals surface area contributed by atoms with Gasteiger partial charge in [0.2, 0.25) is 0 Å². The van der Waals surface area contributed by atoms with Gasteiger partial charge in [-0.25, -0.2) is 4.98 Å². The van der Waals surface area contributed by atoms with Crippen molar-refractivity contribution in [2.24, 2.45) is 0 Å². The molecule has 49 heavy (non-hydrogen) atoms. The Morgan fingerprint density at radius 2 is 1.22 bits per heavy atom. The van der Waals surface area contributed by atoms with Crippen LogP contribution in [0.5, 0.6) is 5.75 Å². The lowest BCUT2D eigenvalue weighted by atomic mass is 9.82. The lowest BCUT2D eigenvalue weighted by Gasteiger charge is -2.22. The molecule has 9 rings (SSSR count). The minimum Gasteiger partial charge on any atom is -0.507 e. The standard InChI is InChI=1S/C45H33N3O/c1-45(2)37-21-8-6-19-34(37)35-27-36(42(49)28-38(35)45)44-47-43-33(30-16-12-17-31(26-30)39-22-10-11-25-46-39)20-13-24-41(43)48(44)40-23-9-7-18-32(40)29-14-4-3-5-15-29/h3-28,49H,1-2H3. The summed E-state index contributed by atoms with van der Waals surface area (Å²) >= 11 is 0. The molecule has 0 saturated carbocycles. The third-order valence-corrected chi connectivity index (χ3v) is 9.99. The van der Waals surface area contributed by atoms with Crippen molar-refractivity contribution in [3.05, 3.63) is 169 Å². The maximum absolute atomic E-state index is 11.9. The molecule has 0 amide bonds. The number of pyridine rings is 1. The SMILES string of the molecule is CC1(C)c2ccccc2-c2cc(-c3nc4c(-c5cccc(-c6ccccn6)c5)cccc4n3-c3ccccc3-c3ccccc3)c(O)cc21. The van der Waals surface area contributed by atoms with Crippen LogP contribution in [0.3, 0.4) is 0 Å². The number of fused-ring (bicyclic) bond motifs is 4. The predicted molar refractivity (Wildman–Crippen MR) is 200 cm³/mol. The fraction of sp³-hybridized carbons (Fsp3) is 0.0667. The highest BCUT2D eigenvalue weighted by Gasteiger charge is 2.36. The van der Waals surface area contributed by atoms with E-state index >= 15 is 0 Å². The predicted octanol–water partition coefficient (Wildman–Crippen LogP) is 11.1. The number of aromatic nitrogens is 3. The fourth-order valence-corrected chi connectivity index (χ4v) is 7.58. The number of imidazole rings is 1.